The van der Waals surface area contributed by atoms with Gasteiger partial charge in [0.1, 0.15) is 5.76 Å². The largest absolute Gasteiger partial charge is 0.458 e. The molecule has 2 aromatic heterocycles. The second kappa shape index (κ2) is 10.8. The number of nitrogens with one attached hydrogen (secondary N) is 1. The summed E-state index contributed by atoms with van der Waals surface area (Å²) >= 11 is 6.52. The minimum absolute atomic E-state index is 0.00970. The lowest BCUT2D eigenvalue weighted by Crippen LogP contribution is -2.40. The van der Waals surface area contributed by atoms with Crippen LogP contribution in [-0.4, -0.2) is 48.0 Å². The number of carbonyl (C=O) groups excluding carboxylic acids is 2. The first-order valence-corrected chi connectivity index (χ1v) is 12.0. The number of furan rings is 1. The van der Waals surface area contributed by atoms with Crippen LogP contribution in [0.25, 0.3) is 28.2 Å². The molecule has 8 heteroatoms. The molecule has 5 rings (SSSR count). The van der Waals surface area contributed by atoms with Crippen LogP contribution in [0.3, 0.4) is 0 Å². The molecule has 182 valence electrons. The topological polar surface area (TPSA) is 84.7 Å². The molecule has 0 aliphatic carbocycles. The van der Waals surface area contributed by atoms with E-state index in [4.69, 9.17) is 20.8 Å². The summed E-state index contributed by atoms with van der Waals surface area (Å²) in [5.41, 5.74) is 3.95. The number of fused-ring (bicyclic) bond motifs is 1. The number of halogens is 1. The van der Waals surface area contributed by atoms with Gasteiger partial charge >= 0.3 is 0 Å². The van der Waals surface area contributed by atoms with Gasteiger partial charge in [0.05, 0.1) is 24.8 Å². The van der Waals surface area contributed by atoms with Crippen LogP contribution in [-0.2, 0) is 16.1 Å². The summed E-state index contributed by atoms with van der Waals surface area (Å²) in [6.45, 7) is 2.59. The molecule has 0 spiro atoms. The zero-order chi connectivity index (χ0) is 24.9. The summed E-state index contributed by atoms with van der Waals surface area (Å²) < 4.78 is 11.2. The molecule has 1 saturated heterocycles. The SMILES string of the molecule is O=C(C=Cc1ccncc1)NCc1cc2cc(-c3ccc(C(=O)N4CCOCC4)cc3)cc(Cl)c2o1. The molecule has 1 N–H and O–H groups in total. The number of ether oxygens (including phenoxy) is 1. The summed E-state index contributed by atoms with van der Waals surface area (Å²) in [4.78, 5) is 30.6. The maximum absolute atomic E-state index is 12.7. The minimum Gasteiger partial charge on any atom is -0.458 e. The molecule has 0 bridgehead atoms. The fraction of sp³-hybridized carbons (Fsp3) is 0.179. The van der Waals surface area contributed by atoms with Crippen molar-refractivity contribution in [3.63, 3.8) is 0 Å². The summed E-state index contributed by atoms with van der Waals surface area (Å²) in [5, 5.41) is 4.13. The number of carbonyl (C=O) groups is 2. The molecule has 1 aliphatic rings. The highest BCUT2D eigenvalue weighted by Crippen LogP contribution is 2.33. The number of nitrogens with zero attached hydrogens (tertiary/aromatic N) is 2. The predicted molar refractivity (Wildman–Crippen MR) is 139 cm³/mol. The van der Waals surface area contributed by atoms with Gasteiger partial charge in [-0.3, -0.25) is 14.6 Å². The number of morpholine rings is 1. The van der Waals surface area contributed by atoms with Gasteiger partial charge in [-0.25, -0.2) is 0 Å². The lowest BCUT2D eigenvalue weighted by atomic mass is 10.0. The first-order chi connectivity index (χ1) is 17.6. The Bertz CT molecular complexity index is 1410. The third kappa shape index (κ3) is 5.48. The lowest BCUT2D eigenvalue weighted by molar-refractivity contribution is -0.116. The van der Waals surface area contributed by atoms with Crippen molar-refractivity contribution in [3.8, 4) is 11.1 Å². The predicted octanol–water partition coefficient (Wildman–Crippen LogP) is 4.95. The van der Waals surface area contributed by atoms with E-state index in [1.165, 1.54) is 6.08 Å². The van der Waals surface area contributed by atoms with Crippen molar-refractivity contribution in [2.24, 2.45) is 0 Å². The molecule has 1 fully saturated rings. The van der Waals surface area contributed by atoms with Crippen molar-refractivity contribution in [2.45, 2.75) is 6.54 Å². The van der Waals surface area contributed by atoms with Gasteiger partial charge in [0.15, 0.2) is 5.58 Å². The smallest absolute Gasteiger partial charge is 0.254 e. The number of hydrogen-bond donors (Lipinski definition) is 1. The van der Waals surface area contributed by atoms with Crippen molar-refractivity contribution in [1.82, 2.24) is 15.2 Å². The monoisotopic (exact) mass is 501 g/mol. The summed E-state index contributed by atoms with van der Waals surface area (Å²) in [6.07, 6.45) is 6.53. The fourth-order valence-electron chi connectivity index (χ4n) is 4.05. The van der Waals surface area contributed by atoms with Crippen molar-refractivity contribution in [3.05, 3.63) is 95.0 Å². The molecule has 2 amide bonds. The van der Waals surface area contributed by atoms with Gasteiger partial charge in [0.25, 0.3) is 5.91 Å². The second-order valence-corrected chi connectivity index (χ2v) is 8.81. The number of amides is 2. The van der Waals surface area contributed by atoms with Crippen molar-refractivity contribution in [1.29, 1.82) is 0 Å². The van der Waals surface area contributed by atoms with Gasteiger partial charge in [0.2, 0.25) is 5.91 Å². The normalized spacial score (nSPS) is 13.9. The van der Waals surface area contributed by atoms with Crippen LogP contribution < -0.4 is 5.32 Å². The molecule has 4 aromatic rings. The second-order valence-electron chi connectivity index (χ2n) is 8.40. The maximum atomic E-state index is 12.7. The zero-order valence-corrected chi connectivity index (χ0v) is 20.2. The Hall–Kier alpha value is -3.94. The highest BCUT2D eigenvalue weighted by molar-refractivity contribution is 6.35. The molecule has 0 saturated carbocycles. The molecule has 1 aliphatic heterocycles. The number of rotatable bonds is 6. The fourth-order valence-corrected chi connectivity index (χ4v) is 4.32. The first-order valence-electron chi connectivity index (χ1n) is 11.6. The Balaban J connectivity index is 1.27. The molecule has 0 unspecified atom stereocenters. The van der Waals surface area contributed by atoms with Crippen molar-refractivity contribution in [2.75, 3.05) is 26.3 Å². The van der Waals surface area contributed by atoms with Crippen molar-refractivity contribution >= 4 is 40.5 Å². The van der Waals surface area contributed by atoms with E-state index in [0.717, 1.165) is 22.1 Å². The average molecular weight is 502 g/mol. The Kier molecular flexibility index (Phi) is 7.11. The van der Waals surface area contributed by atoms with Crippen molar-refractivity contribution < 1.29 is 18.7 Å². The van der Waals surface area contributed by atoms with E-state index in [2.05, 4.69) is 10.3 Å². The molecule has 0 atom stereocenters. The Morgan fingerprint density at radius 3 is 2.50 bits per heavy atom. The van der Waals surface area contributed by atoms with E-state index in [9.17, 15) is 9.59 Å². The van der Waals surface area contributed by atoms with Gasteiger partial charge < -0.3 is 19.4 Å². The summed E-state index contributed by atoms with van der Waals surface area (Å²) in [7, 11) is 0. The van der Waals surface area contributed by atoms with Crippen LogP contribution in [0, 0.1) is 0 Å². The van der Waals surface area contributed by atoms with E-state index in [0.29, 0.717) is 48.2 Å². The highest BCUT2D eigenvalue weighted by atomic mass is 35.5. The van der Waals surface area contributed by atoms with Crippen LogP contribution >= 0.6 is 11.6 Å². The van der Waals surface area contributed by atoms with Gasteiger partial charge in [-0.05, 0) is 65.2 Å². The molecular weight excluding hydrogens is 478 g/mol. The molecule has 36 heavy (non-hydrogen) atoms. The number of aromatic nitrogens is 1. The highest BCUT2D eigenvalue weighted by Gasteiger charge is 2.18. The van der Waals surface area contributed by atoms with Crippen LogP contribution in [0.5, 0.6) is 0 Å². The molecule has 0 radical (unpaired) electrons. The number of pyridine rings is 1. The van der Waals surface area contributed by atoms with E-state index < -0.39 is 0 Å². The van der Waals surface area contributed by atoms with E-state index in [1.54, 1.807) is 18.5 Å². The van der Waals surface area contributed by atoms with Crippen LogP contribution in [0.2, 0.25) is 5.02 Å². The lowest BCUT2D eigenvalue weighted by Gasteiger charge is -2.26. The van der Waals surface area contributed by atoms with E-state index >= 15 is 0 Å². The Labute approximate surface area is 213 Å². The number of benzene rings is 2. The third-order valence-electron chi connectivity index (χ3n) is 5.96. The summed E-state index contributed by atoms with van der Waals surface area (Å²) in [6, 6.07) is 16.8. The maximum Gasteiger partial charge on any atom is 0.254 e. The van der Waals surface area contributed by atoms with Crippen LogP contribution in [0.4, 0.5) is 0 Å². The molecular formula is C28H24ClN3O4. The van der Waals surface area contributed by atoms with Crippen LogP contribution in [0.1, 0.15) is 21.7 Å². The average Bonchev–Trinajstić information content (AvgIpc) is 3.35. The first kappa shape index (κ1) is 23.8. The van der Waals surface area contributed by atoms with Crippen LogP contribution in [0.15, 0.2) is 77.5 Å². The summed E-state index contributed by atoms with van der Waals surface area (Å²) in [5.74, 6) is 0.377. The van der Waals surface area contributed by atoms with Gasteiger partial charge in [-0.2, -0.15) is 0 Å². The van der Waals surface area contributed by atoms with E-state index in [1.807, 2.05) is 59.5 Å². The number of hydrogen-bond acceptors (Lipinski definition) is 5. The quantitative estimate of drug-likeness (QED) is 0.378. The molecule has 2 aromatic carbocycles. The van der Waals surface area contributed by atoms with Gasteiger partial charge in [-0.15, -0.1) is 0 Å². The van der Waals surface area contributed by atoms with Gasteiger partial charge in [-0.1, -0.05) is 23.7 Å². The standard InChI is InChI=1S/C28H24ClN3O4/c29-25-17-22(20-2-4-21(5-3-20)28(34)32-11-13-35-14-12-32)15-23-16-24(36-27(23)25)18-31-26(33)6-1-19-7-9-30-10-8-19/h1-10,15-17H,11-14,18H2,(H,31,33). The third-order valence-corrected chi connectivity index (χ3v) is 6.24. The zero-order valence-electron chi connectivity index (χ0n) is 19.4. The van der Waals surface area contributed by atoms with E-state index in [-0.39, 0.29) is 18.4 Å². The Morgan fingerprint density at radius 2 is 1.75 bits per heavy atom. The molecule has 3 heterocycles. The minimum atomic E-state index is -0.231. The Morgan fingerprint density at radius 1 is 1.00 bits per heavy atom. The molecule has 7 nitrogen and oxygen atoms in total. The van der Waals surface area contributed by atoms with Gasteiger partial charge in [0, 0.05) is 42.5 Å².